The number of aromatic nitrogens is 4. The standard InChI is InChI=1S/C14H18N6/c1-3-12(7-15-5-1)8-20-6-2-4-13(9-20)19-14-17-10-16-11-18-14/h1,3,5,7,10-11,13H,2,4,6,8-9H2,(H,16,17,18,19)/t13-/m0/s1. The highest BCUT2D eigenvalue weighted by atomic mass is 15.2. The number of hydrogen-bond donors (Lipinski definition) is 1. The van der Waals surface area contributed by atoms with Crippen molar-refractivity contribution in [1.82, 2.24) is 24.8 Å². The lowest BCUT2D eigenvalue weighted by atomic mass is 10.1. The van der Waals surface area contributed by atoms with E-state index >= 15 is 0 Å². The normalized spacial score (nSPS) is 19.7. The Morgan fingerprint density at radius 1 is 1.25 bits per heavy atom. The summed E-state index contributed by atoms with van der Waals surface area (Å²) in [7, 11) is 0. The van der Waals surface area contributed by atoms with Gasteiger partial charge in [0, 0.05) is 31.5 Å². The maximum Gasteiger partial charge on any atom is 0.225 e. The number of anilines is 1. The van der Waals surface area contributed by atoms with Crippen LogP contribution in [0.1, 0.15) is 18.4 Å². The van der Waals surface area contributed by atoms with Crippen LogP contribution in [-0.4, -0.2) is 44.0 Å². The summed E-state index contributed by atoms with van der Waals surface area (Å²) in [6.45, 7) is 3.08. The van der Waals surface area contributed by atoms with Crippen LogP contribution in [0.4, 0.5) is 5.95 Å². The molecule has 0 bridgehead atoms. The van der Waals surface area contributed by atoms with Crippen LogP contribution in [0.15, 0.2) is 37.2 Å². The fourth-order valence-corrected chi connectivity index (χ4v) is 2.56. The lowest BCUT2D eigenvalue weighted by molar-refractivity contribution is 0.208. The number of nitrogens with one attached hydrogen (secondary N) is 1. The van der Waals surface area contributed by atoms with Crippen LogP contribution >= 0.6 is 0 Å². The van der Waals surface area contributed by atoms with Crippen LogP contribution in [0.25, 0.3) is 0 Å². The number of piperidine rings is 1. The van der Waals surface area contributed by atoms with Gasteiger partial charge in [-0.15, -0.1) is 0 Å². The minimum Gasteiger partial charge on any atom is -0.350 e. The zero-order valence-electron chi connectivity index (χ0n) is 11.3. The zero-order valence-corrected chi connectivity index (χ0v) is 11.3. The molecule has 6 nitrogen and oxygen atoms in total. The largest absolute Gasteiger partial charge is 0.350 e. The van der Waals surface area contributed by atoms with E-state index in [0.717, 1.165) is 26.1 Å². The molecule has 1 saturated heterocycles. The van der Waals surface area contributed by atoms with E-state index in [4.69, 9.17) is 0 Å². The number of hydrogen-bond acceptors (Lipinski definition) is 6. The van der Waals surface area contributed by atoms with Crippen LogP contribution in [0.5, 0.6) is 0 Å². The molecule has 2 aromatic rings. The highest BCUT2D eigenvalue weighted by molar-refractivity contribution is 5.23. The summed E-state index contributed by atoms with van der Waals surface area (Å²) in [6.07, 6.45) is 9.11. The summed E-state index contributed by atoms with van der Waals surface area (Å²) in [5.41, 5.74) is 1.26. The molecule has 0 spiro atoms. The first-order valence-electron chi connectivity index (χ1n) is 6.90. The van der Waals surface area contributed by atoms with E-state index in [1.54, 1.807) is 0 Å². The Balaban J connectivity index is 1.57. The minimum absolute atomic E-state index is 0.392. The van der Waals surface area contributed by atoms with E-state index in [9.17, 15) is 0 Å². The van der Waals surface area contributed by atoms with Crippen LogP contribution in [0, 0.1) is 0 Å². The molecule has 1 aliphatic heterocycles. The average Bonchev–Trinajstić information content (AvgIpc) is 2.50. The molecule has 0 aliphatic carbocycles. The summed E-state index contributed by atoms with van der Waals surface area (Å²) in [6, 6.07) is 4.50. The summed E-state index contributed by atoms with van der Waals surface area (Å²) < 4.78 is 0. The van der Waals surface area contributed by atoms with E-state index in [1.165, 1.54) is 24.6 Å². The molecule has 0 amide bonds. The lowest BCUT2D eigenvalue weighted by Gasteiger charge is -2.33. The molecule has 6 heteroatoms. The highest BCUT2D eigenvalue weighted by Crippen LogP contribution is 2.15. The van der Waals surface area contributed by atoms with Crippen molar-refractivity contribution in [2.24, 2.45) is 0 Å². The molecule has 1 aliphatic rings. The van der Waals surface area contributed by atoms with Crippen molar-refractivity contribution in [3.8, 4) is 0 Å². The molecule has 0 saturated carbocycles. The van der Waals surface area contributed by atoms with Gasteiger partial charge in [-0.05, 0) is 31.0 Å². The first-order chi connectivity index (χ1) is 9.90. The molecule has 3 heterocycles. The van der Waals surface area contributed by atoms with Crippen LogP contribution in [-0.2, 0) is 6.54 Å². The van der Waals surface area contributed by atoms with Gasteiger partial charge in [0.05, 0.1) is 0 Å². The molecule has 0 unspecified atom stereocenters. The molecule has 0 radical (unpaired) electrons. The van der Waals surface area contributed by atoms with Gasteiger partial charge >= 0.3 is 0 Å². The first-order valence-corrected chi connectivity index (χ1v) is 6.90. The summed E-state index contributed by atoms with van der Waals surface area (Å²) in [5.74, 6) is 0.660. The van der Waals surface area contributed by atoms with Gasteiger partial charge in [-0.25, -0.2) is 15.0 Å². The first kappa shape index (κ1) is 12.9. The average molecular weight is 270 g/mol. The van der Waals surface area contributed by atoms with Crippen molar-refractivity contribution in [2.45, 2.75) is 25.4 Å². The minimum atomic E-state index is 0.392. The van der Waals surface area contributed by atoms with Gasteiger partial charge in [0.2, 0.25) is 5.95 Å². The monoisotopic (exact) mass is 270 g/mol. The van der Waals surface area contributed by atoms with Gasteiger partial charge in [-0.1, -0.05) is 6.07 Å². The third-order valence-corrected chi connectivity index (χ3v) is 3.46. The quantitative estimate of drug-likeness (QED) is 0.904. The predicted molar refractivity (Wildman–Crippen MR) is 76.0 cm³/mol. The fourth-order valence-electron chi connectivity index (χ4n) is 2.56. The second-order valence-electron chi connectivity index (χ2n) is 5.04. The Kier molecular flexibility index (Phi) is 4.13. The maximum absolute atomic E-state index is 4.17. The predicted octanol–water partition coefficient (Wildman–Crippen LogP) is 1.34. The van der Waals surface area contributed by atoms with Crippen LogP contribution in [0.3, 0.4) is 0 Å². The maximum atomic E-state index is 4.17. The number of nitrogens with zero attached hydrogens (tertiary/aromatic N) is 5. The Morgan fingerprint density at radius 3 is 2.95 bits per heavy atom. The molecule has 1 atom stereocenters. The molecule has 20 heavy (non-hydrogen) atoms. The van der Waals surface area contributed by atoms with Crippen LogP contribution in [0.2, 0.25) is 0 Å². The third kappa shape index (κ3) is 3.48. The van der Waals surface area contributed by atoms with Gasteiger partial charge in [-0.3, -0.25) is 9.88 Å². The second-order valence-corrected chi connectivity index (χ2v) is 5.04. The van der Waals surface area contributed by atoms with Crippen molar-refractivity contribution < 1.29 is 0 Å². The van der Waals surface area contributed by atoms with Crippen molar-refractivity contribution in [3.05, 3.63) is 42.7 Å². The van der Waals surface area contributed by atoms with Crippen LogP contribution < -0.4 is 5.32 Å². The molecular weight excluding hydrogens is 252 g/mol. The van der Waals surface area contributed by atoms with Crippen molar-refractivity contribution >= 4 is 5.95 Å². The zero-order chi connectivity index (χ0) is 13.6. The van der Waals surface area contributed by atoms with E-state index in [2.05, 4.69) is 36.2 Å². The van der Waals surface area contributed by atoms with E-state index < -0.39 is 0 Å². The number of pyridine rings is 1. The second kappa shape index (κ2) is 6.38. The van der Waals surface area contributed by atoms with Crippen molar-refractivity contribution in [3.63, 3.8) is 0 Å². The Hall–Kier alpha value is -2.08. The van der Waals surface area contributed by atoms with Gasteiger partial charge in [0.25, 0.3) is 0 Å². The Morgan fingerprint density at radius 2 is 2.15 bits per heavy atom. The summed E-state index contributed by atoms with van der Waals surface area (Å²) in [5, 5.41) is 3.38. The van der Waals surface area contributed by atoms with Crippen molar-refractivity contribution in [2.75, 3.05) is 18.4 Å². The summed E-state index contributed by atoms with van der Waals surface area (Å²) >= 11 is 0. The molecule has 3 rings (SSSR count). The molecule has 1 fully saturated rings. The molecular formula is C14H18N6. The smallest absolute Gasteiger partial charge is 0.225 e. The summed E-state index contributed by atoms with van der Waals surface area (Å²) in [4.78, 5) is 18.7. The Labute approximate surface area is 118 Å². The van der Waals surface area contributed by atoms with Gasteiger partial charge in [0.15, 0.2) is 0 Å². The molecule has 104 valence electrons. The number of rotatable bonds is 4. The highest BCUT2D eigenvalue weighted by Gasteiger charge is 2.20. The third-order valence-electron chi connectivity index (χ3n) is 3.46. The van der Waals surface area contributed by atoms with Gasteiger partial charge in [0.1, 0.15) is 12.7 Å². The lowest BCUT2D eigenvalue weighted by Crippen LogP contribution is -2.41. The van der Waals surface area contributed by atoms with E-state index in [1.807, 2.05) is 18.5 Å². The van der Waals surface area contributed by atoms with Crippen molar-refractivity contribution in [1.29, 1.82) is 0 Å². The Bertz CT molecular complexity index is 470. The SMILES string of the molecule is c1cncc(CN2CCC[C@H](Nc3ncncn3)C2)c1. The van der Waals surface area contributed by atoms with Gasteiger partial charge < -0.3 is 5.32 Å². The molecule has 2 aromatic heterocycles. The van der Waals surface area contributed by atoms with Gasteiger partial charge in [-0.2, -0.15) is 0 Å². The fraction of sp³-hybridized carbons (Fsp3) is 0.429. The number of likely N-dealkylation sites (tertiary alicyclic amines) is 1. The van der Waals surface area contributed by atoms with E-state index in [-0.39, 0.29) is 0 Å². The molecule has 1 N–H and O–H groups in total. The topological polar surface area (TPSA) is 66.8 Å². The molecule has 0 aromatic carbocycles. The van der Waals surface area contributed by atoms with E-state index in [0.29, 0.717) is 12.0 Å².